The van der Waals surface area contributed by atoms with Crippen molar-refractivity contribution in [2.45, 2.75) is 19.8 Å². The number of methoxy groups -OCH3 is 1. The Hall–Kier alpha value is -3.28. The Morgan fingerprint density at radius 1 is 1.19 bits per heavy atom. The summed E-state index contributed by atoms with van der Waals surface area (Å²) in [6.45, 7) is 1.95. The lowest BCUT2D eigenvalue weighted by molar-refractivity contribution is -0.116. The third-order valence-corrected chi connectivity index (χ3v) is 4.31. The van der Waals surface area contributed by atoms with Crippen LogP contribution in [-0.2, 0) is 4.79 Å². The van der Waals surface area contributed by atoms with Gasteiger partial charge < -0.3 is 19.4 Å². The van der Waals surface area contributed by atoms with Gasteiger partial charge in [-0.3, -0.25) is 4.79 Å². The summed E-state index contributed by atoms with van der Waals surface area (Å²) in [6, 6.07) is 14.3. The number of fused-ring (bicyclic) bond motifs is 1. The topological polar surface area (TPSA) is 71.8 Å². The standard InChI is InChI=1S/C21H22N2O4/c1-4-7-20(24)22-16-12-14(10-11-19(16)26-3)23(2)17-13-21(25)27-18-9-6-5-8-15(17)18/h5-6,8-13H,4,7H2,1-3H3,(H,22,24). The molecule has 3 aromatic rings. The van der Waals surface area contributed by atoms with E-state index in [1.165, 1.54) is 6.07 Å². The lowest BCUT2D eigenvalue weighted by atomic mass is 10.1. The summed E-state index contributed by atoms with van der Waals surface area (Å²) in [5.41, 5.74) is 2.22. The van der Waals surface area contributed by atoms with Crippen LogP contribution in [0.25, 0.3) is 11.0 Å². The molecule has 140 valence electrons. The number of benzene rings is 2. The molecule has 1 heterocycles. The van der Waals surface area contributed by atoms with Crippen LogP contribution in [0.15, 0.2) is 57.7 Å². The molecule has 0 radical (unpaired) electrons. The van der Waals surface area contributed by atoms with Crippen LogP contribution in [0.4, 0.5) is 17.1 Å². The minimum Gasteiger partial charge on any atom is -0.495 e. The molecule has 3 rings (SSSR count). The summed E-state index contributed by atoms with van der Waals surface area (Å²) in [6.07, 6.45) is 1.20. The van der Waals surface area contributed by atoms with Crippen LogP contribution in [0.1, 0.15) is 19.8 Å². The van der Waals surface area contributed by atoms with Crippen molar-refractivity contribution in [1.29, 1.82) is 0 Å². The maximum atomic E-state index is 12.0. The molecule has 1 amide bonds. The van der Waals surface area contributed by atoms with Crippen molar-refractivity contribution in [3.8, 4) is 5.75 Å². The number of carbonyl (C=O) groups is 1. The van der Waals surface area contributed by atoms with E-state index in [-0.39, 0.29) is 5.91 Å². The molecular weight excluding hydrogens is 344 g/mol. The highest BCUT2D eigenvalue weighted by atomic mass is 16.5. The number of nitrogens with one attached hydrogen (secondary N) is 1. The van der Waals surface area contributed by atoms with Gasteiger partial charge in [-0.05, 0) is 36.8 Å². The van der Waals surface area contributed by atoms with Gasteiger partial charge in [-0.2, -0.15) is 0 Å². The Labute approximate surface area is 157 Å². The zero-order valence-electron chi connectivity index (χ0n) is 15.6. The average Bonchev–Trinajstić information content (AvgIpc) is 2.66. The molecule has 0 aliphatic heterocycles. The van der Waals surface area contributed by atoms with Gasteiger partial charge in [-0.25, -0.2) is 4.79 Å². The van der Waals surface area contributed by atoms with Crippen LogP contribution in [0.3, 0.4) is 0 Å². The van der Waals surface area contributed by atoms with Crippen molar-refractivity contribution >= 4 is 33.9 Å². The highest BCUT2D eigenvalue weighted by molar-refractivity contribution is 5.95. The van der Waals surface area contributed by atoms with Crippen LogP contribution < -0.4 is 20.6 Å². The number of ether oxygens (including phenoxy) is 1. The number of carbonyl (C=O) groups excluding carboxylic acids is 1. The Kier molecular flexibility index (Phi) is 5.45. The van der Waals surface area contributed by atoms with Crippen molar-refractivity contribution < 1.29 is 13.9 Å². The minimum absolute atomic E-state index is 0.0681. The first-order valence-corrected chi connectivity index (χ1v) is 8.78. The van der Waals surface area contributed by atoms with Crippen molar-refractivity contribution in [3.05, 3.63) is 59.0 Å². The zero-order valence-corrected chi connectivity index (χ0v) is 15.6. The maximum Gasteiger partial charge on any atom is 0.338 e. The Morgan fingerprint density at radius 3 is 2.70 bits per heavy atom. The second-order valence-corrected chi connectivity index (χ2v) is 6.19. The summed E-state index contributed by atoms with van der Waals surface area (Å²) >= 11 is 0. The summed E-state index contributed by atoms with van der Waals surface area (Å²) in [7, 11) is 3.42. The quantitative estimate of drug-likeness (QED) is 0.658. The van der Waals surface area contributed by atoms with Gasteiger partial charge >= 0.3 is 5.63 Å². The predicted molar refractivity (Wildman–Crippen MR) is 107 cm³/mol. The van der Waals surface area contributed by atoms with Crippen molar-refractivity contribution in [1.82, 2.24) is 0 Å². The molecule has 0 aliphatic rings. The lowest BCUT2D eigenvalue weighted by Gasteiger charge is -2.22. The summed E-state index contributed by atoms with van der Waals surface area (Å²) < 4.78 is 10.6. The second-order valence-electron chi connectivity index (χ2n) is 6.19. The van der Waals surface area contributed by atoms with Crippen LogP contribution in [0, 0.1) is 0 Å². The molecule has 0 saturated carbocycles. The lowest BCUT2D eigenvalue weighted by Crippen LogP contribution is -2.15. The van der Waals surface area contributed by atoms with E-state index in [4.69, 9.17) is 9.15 Å². The zero-order chi connectivity index (χ0) is 19.4. The molecule has 27 heavy (non-hydrogen) atoms. The van der Waals surface area contributed by atoms with Gasteiger partial charge in [0.2, 0.25) is 5.91 Å². The molecule has 0 saturated heterocycles. The van der Waals surface area contributed by atoms with Crippen molar-refractivity contribution in [2.24, 2.45) is 0 Å². The Bertz CT molecular complexity index is 1030. The molecule has 6 nitrogen and oxygen atoms in total. The molecule has 1 N–H and O–H groups in total. The molecule has 6 heteroatoms. The fourth-order valence-corrected chi connectivity index (χ4v) is 2.95. The molecule has 0 unspecified atom stereocenters. The van der Waals surface area contributed by atoms with Crippen molar-refractivity contribution in [3.63, 3.8) is 0 Å². The molecule has 0 aliphatic carbocycles. The summed E-state index contributed by atoms with van der Waals surface area (Å²) in [4.78, 5) is 25.9. The van der Waals surface area contributed by atoms with E-state index in [1.807, 2.05) is 49.2 Å². The smallest absolute Gasteiger partial charge is 0.338 e. The van der Waals surface area contributed by atoms with Crippen LogP contribution in [0.5, 0.6) is 5.75 Å². The van der Waals surface area contributed by atoms with Gasteiger partial charge in [0.1, 0.15) is 11.3 Å². The Balaban J connectivity index is 2.04. The Morgan fingerprint density at radius 2 is 1.96 bits per heavy atom. The predicted octanol–water partition coefficient (Wildman–Crippen LogP) is 4.31. The molecule has 1 aromatic heterocycles. The largest absolute Gasteiger partial charge is 0.495 e. The third kappa shape index (κ3) is 3.95. The van der Waals surface area contributed by atoms with Crippen LogP contribution in [-0.4, -0.2) is 20.1 Å². The highest BCUT2D eigenvalue weighted by Gasteiger charge is 2.14. The minimum atomic E-state index is -0.416. The first-order chi connectivity index (χ1) is 13.0. The van der Waals surface area contributed by atoms with Gasteiger partial charge in [0.05, 0.1) is 18.5 Å². The molecule has 0 bridgehead atoms. The molecule has 0 atom stereocenters. The molecule has 2 aromatic carbocycles. The van der Waals surface area contributed by atoms with E-state index in [2.05, 4.69) is 5.32 Å². The monoisotopic (exact) mass is 366 g/mol. The number of rotatable bonds is 6. The fraction of sp³-hybridized carbons (Fsp3) is 0.238. The van der Waals surface area contributed by atoms with E-state index in [9.17, 15) is 9.59 Å². The number of para-hydroxylation sites is 1. The normalized spacial score (nSPS) is 10.6. The van der Waals surface area contributed by atoms with Crippen LogP contribution in [0.2, 0.25) is 0 Å². The SMILES string of the molecule is CCCC(=O)Nc1cc(N(C)c2cc(=O)oc3ccccc23)ccc1OC. The van der Waals surface area contributed by atoms with E-state index in [1.54, 1.807) is 19.2 Å². The van der Waals surface area contributed by atoms with E-state index in [0.717, 1.165) is 23.2 Å². The fourth-order valence-electron chi connectivity index (χ4n) is 2.95. The highest BCUT2D eigenvalue weighted by Crippen LogP contribution is 2.34. The van der Waals surface area contributed by atoms with Gasteiger partial charge in [-0.15, -0.1) is 0 Å². The van der Waals surface area contributed by atoms with Crippen LogP contribution >= 0.6 is 0 Å². The summed E-state index contributed by atoms with van der Waals surface area (Å²) in [5.74, 6) is 0.510. The third-order valence-electron chi connectivity index (χ3n) is 4.31. The number of hydrogen-bond acceptors (Lipinski definition) is 5. The number of amides is 1. The molecule has 0 spiro atoms. The van der Waals surface area contributed by atoms with E-state index in [0.29, 0.717) is 23.4 Å². The van der Waals surface area contributed by atoms with Crippen molar-refractivity contribution in [2.75, 3.05) is 24.4 Å². The van der Waals surface area contributed by atoms with E-state index < -0.39 is 5.63 Å². The molecule has 0 fully saturated rings. The number of anilines is 3. The maximum absolute atomic E-state index is 12.0. The van der Waals surface area contributed by atoms with Gasteiger partial charge in [0, 0.05) is 30.6 Å². The first kappa shape index (κ1) is 18.5. The van der Waals surface area contributed by atoms with E-state index >= 15 is 0 Å². The average molecular weight is 366 g/mol. The number of nitrogens with zero attached hydrogens (tertiary/aromatic N) is 1. The van der Waals surface area contributed by atoms with Gasteiger partial charge in [0.15, 0.2) is 0 Å². The number of hydrogen-bond donors (Lipinski definition) is 1. The van der Waals surface area contributed by atoms with Gasteiger partial charge in [-0.1, -0.05) is 19.1 Å². The first-order valence-electron chi connectivity index (χ1n) is 8.78. The molecular formula is C21H22N2O4. The summed E-state index contributed by atoms with van der Waals surface area (Å²) in [5, 5.41) is 3.71. The van der Waals surface area contributed by atoms with Gasteiger partial charge in [0.25, 0.3) is 0 Å². The second kappa shape index (κ2) is 7.95.